The first-order valence-electron chi connectivity index (χ1n) is 29.3. The number of anilines is 3. The predicted molar refractivity (Wildman–Crippen MR) is 345 cm³/mol. The number of ether oxygens (including phenoxy) is 2. The molecule has 0 fully saturated rings. The lowest BCUT2D eigenvalue weighted by Crippen LogP contribution is -2.64. The van der Waals surface area contributed by atoms with Crippen LogP contribution in [0, 0.1) is 6.33 Å². The Kier molecular flexibility index (Phi) is 10.9. The molecule has 0 spiro atoms. The van der Waals surface area contributed by atoms with Crippen LogP contribution < -0.4 is 35.3 Å². The smallest absolute Gasteiger partial charge is 0.270 e. The van der Waals surface area contributed by atoms with Gasteiger partial charge in [0.25, 0.3) is 13.0 Å². The normalized spacial score (nSPS) is 13.8. The molecule has 0 aliphatic carbocycles. The third kappa shape index (κ3) is 7.54. The van der Waals surface area contributed by atoms with Gasteiger partial charge in [0, 0.05) is 51.6 Å². The summed E-state index contributed by atoms with van der Waals surface area (Å²) < 4.78 is 22.3. The molecule has 0 bridgehead atoms. The maximum Gasteiger partial charge on any atom is 0.270 e. The van der Waals surface area contributed by atoms with E-state index in [9.17, 15) is 0 Å². The van der Waals surface area contributed by atoms with E-state index in [1.54, 1.807) is 0 Å². The van der Waals surface area contributed by atoms with E-state index in [0.29, 0.717) is 5.75 Å². The van der Waals surface area contributed by atoms with Gasteiger partial charge in [0.15, 0.2) is 0 Å². The number of aromatic nitrogens is 4. The third-order valence-electron chi connectivity index (χ3n) is 17.7. The molecule has 85 heavy (non-hydrogen) atoms. The summed E-state index contributed by atoms with van der Waals surface area (Å²) in [5.41, 5.74) is 21.7. The zero-order valence-electron chi connectivity index (χ0n) is 47.1. The maximum atomic E-state index is 7.80. The van der Waals surface area contributed by atoms with Gasteiger partial charge in [0.2, 0.25) is 0 Å². The number of fused-ring (bicyclic) bond motifs is 4. The third-order valence-corrected chi connectivity index (χ3v) is 17.7. The topological polar surface area (TPSA) is 48.3 Å². The van der Waals surface area contributed by atoms with E-state index in [-0.39, 0.29) is 18.0 Å². The standard InChI is InChI=1S/C77H54BN5O2/c1-77(2,3)52-43-44-79-69(45-52)83-60-35-17-16-31-57(60)58-42-41-54(46-65(58)83)84-68-47-66(80-48-81(62-37-19-18-36-61(62)80)75-55(49-23-8-4-9-24-49)32-20-33-56(75)50-25-10-5-11-26-50)76-74-71(68)70(51-27-12-6-13-28-51)59-34-21-38-63-72(59)78(74)73-64(39-22-40-67(73)85-76)82(63)53-29-14-7-15-30-53/h4-47,70H,1-3H3. The van der Waals surface area contributed by atoms with E-state index in [0.717, 1.165) is 129 Å². The van der Waals surface area contributed by atoms with Gasteiger partial charge in [-0.25, -0.2) is 4.98 Å². The Morgan fingerprint density at radius 1 is 0.541 bits per heavy atom. The second-order valence-electron chi connectivity index (χ2n) is 23.5. The number of hydrogen-bond acceptors (Lipinski definition) is 4. The summed E-state index contributed by atoms with van der Waals surface area (Å²) in [5.74, 6) is 3.64. The second-order valence-corrected chi connectivity index (χ2v) is 23.5. The van der Waals surface area contributed by atoms with E-state index in [1.807, 2.05) is 6.20 Å². The van der Waals surface area contributed by atoms with E-state index in [4.69, 9.17) is 14.5 Å². The van der Waals surface area contributed by atoms with Gasteiger partial charge < -0.3 is 14.4 Å². The van der Waals surface area contributed by atoms with Crippen LogP contribution >= 0.6 is 0 Å². The first kappa shape index (κ1) is 49.0. The first-order valence-corrected chi connectivity index (χ1v) is 29.3. The lowest BCUT2D eigenvalue weighted by atomic mass is 9.30. The van der Waals surface area contributed by atoms with Crippen molar-refractivity contribution in [1.29, 1.82) is 0 Å². The van der Waals surface area contributed by atoms with Crippen molar-refractivity contribution in [3.05, 3.63) is 296 Å². The predicted octanol–water partition coefficient (Wildman–Crippen LogP) is 16.5. The zero-order valence-corrected chi connectivity index (χ0v) is 47.1. The summed E-state index contributed by atoms with van der Waals surface area (Å²) in [4.78, 5) is 7.49. The molecule has 7 nitrogen and oxygen atoms in total. The van der Waals surface area contributed by atoms with Gasteiger partial charge >= 0.3 is 0 Å². The van der Waals surface area contributed by atoms with Gasteiger partial charge in [-0.2, -0.15) is 0 Å². The molecule has 11 aromatic carbocycles. The quantitative estimate of drug-likeness (QED) is 0.0821. The molecule has 17 rings (SSSR count). The molecule has 6 heterocycles. The summed E-state index contributed by atoms with van der Waals surface area (Å²) in [6.45, 7) is 6.53. The van der Waals surface area contributed by atoms with Crippen LogP contribution in [0.1, 0.15) is 48.9 Å². The number of pyridine rings is 1. The van der Waals surface area contributed by atoms with Crippen molar-refractivity contribution in [3.63, 3.8) is 0 Å². The number of nitrogens with zero attached hydrogens (tertiary/aromatic N) is 5. The molecular weight excluding hydrogens is 1040 g/mol. The van der Waals surface area contributed by atoms with Crippen molar-refractivity contribution in [2.45, 2.75) is 32.1 Å². The summed E-state index contributed by atoms with van der Waals surface area (Å²) in [6.07, 6.45) is 5.99. The SMILES string of the molecule is CC(C)(C)c1ccnc(-n2c3ccccc3c3ccc(Oc4cc(-n5[c-][n+](-c6c(-c7ccccc7)cccc6-c6ccccc6)c6ccccc65)c5c6c4C(c4ccccc4)c4cccc7c4B6c4c(cccc4N7c4ccccc4)O5)cc32)c1. The average molecular weight is 1090 g/mol. The van der Waals surface area contributed by atoms with Crippen molar-refractivity contribution in [1.82, 2.24) is 14.1 Å². The molecule has 0 N–H and O–H groups in total. The molecule has 14 aromatic rings. The van der Waals surface area contributed by atoms with Crippen LogP contribution in [0.4, 0.5) is 17.1 Å². The monoisotopic (exact) mass is 1090 g/mol. The Morgan fingerprint density at radius 3 is 1.92 bits per heavy atom. The van der Waals surface area contributed by atoms with Crippen LogP contribution in [0.3, 0.4) is 0 Å². The van der Waals surface area contributed by atoms with Crippen molar-refractivity contribution >= 4 is 73.0 Å². The Hall–Kier alpha value is -10.7. The van der Waals surface area contributed by atoms with Crippen LogP contribution in [0.2, 0.25) is 0 Å². The number of hydrogen-bond donors (Lipinski definition) is 0. The van der Waals surface area contributed by atoms with E-state index in [1.165, 1.54) is 16.6 Å². The van der Waals surface area contributed by atoms with Gasteiger partial charge in [-0.3, -0.25) is 13.7 Å². The summed E-state index contributed by atoms with van der Waals surface area (Å²) in [6, 6.07) is 93.6. The van der Waals surface area contributed by atoms with Crippen molar-refractivity contribution in [2.75, 3.05) is 4.90 Å². The highest BCUT2D eigenvalue weighted by Gasteiger charge is 2.50. The molecule has 1 unspecified atom stereocenters. The molecule has 3 aliphatic heterocycles. The first-order chi connectivity index (χ1) is 41.8. The molecule has 3 aromatic heterocycles. The Labute approximate surface area is 493 Å². The van der Waals surface area contributed by atoms with Crippen molar-refractivity contribution < 1.29 is 14.0 Å². The second kappa shape index (κ2) is 18.9. The molecule has 1 atom stereocenters. The summed E-state index contributed by atoms with van der Waals surface area (Å²) in [7, 11) is 0. The minimum atomic E-state index is -0.251. The zero-order chi connectivity index (χ0) is 56.5. The number of rotatable bonds is 9. The highest BCUT2D eigenvalue weighted by molar-refractivity contribution is 7.00. The largest absolute Gasteiger partial charge is 0.462 e. The molecule has 3 aliphatic rings. The molecule has 402 valence electrons. The van der Waals surface area contributed by atoms with Crippen LogP contribution in [0.25, 0.3) is 72.3 Å². The molecule has 0 amide bonds. The molecule has 0 saturated carbocycles. The molecular formula is C77H54BN5O2. The number of benzene rings is 11. The summed E-state index contributed by atoms with van der Waals surface area (Å²) in [5, 5.41) is 2.27. The number of imidazole rings is 1. The van der Waals surface area contributed by atoms with E-state index < -0.39 is 0 Å². The maximum absolute atomic E-state index is 7.80. The van der Waals surface area contributed by atoms with E-state index >= 15 is 0 Å². The van der Waals surface area contributed by atoms with Crippen LogP contribution in [-0.2, 0) is 5.41 Å². The van der Waals surface area contributed by atoms with Gasteiger partial charge in [0.1, 0.15) is 34.5 Å². The fraction of sp³-hybridized carbons (Fsp3) is 0.0649. The Morgan fingerprint density at radius 2 is 1.18 bits per heavy atom. The minimum Gasteiger partial charge on any atom is -0.462 e. The van der Waals surface area contributed by atoms with Crippen molar-refractivity contribution in [2.24, 2.45) is 0 Å². The van der Waals surface area contributed by atoms with Crippen LogP contribution in [0.15, 0.2) is 267 Å². The fourth-order valence-corrected chi connectivity index (χ4v) is 14.0. The van der Waals surface area contributed by atoms with Gasteiger partial charge in [0.05, 0.1) is 27.8 Å². The fourth-order valence-electron chi connectivity index (χ4n) is 14.0. The Balaban J connectivity index is 0.969. The van der Waals surface area contributed by atoms with Gasteiger partial charge in [-0.1, -0.05) is 209 Å². The lowest BCUT2D eigenvalue weighted by molar-refractivity contribution is -0.571. The highest BCUT2D eigenvalue weighted by Crippen LogP contribution is 2.51. The Bertz CT molecular complexity index is 4950. The highest BCUT2D eigenvalue weighted by atomic mass is 16.5. The number of para-hydroxylation sites is 5. The van der Waals surface area contributed by atoms with Crippen molar-refractivity contribution in [3.8, 4) is 62.4 Å². The van der Waals surface area contributed by atoms with Crippen LogP contribution in [0.5, 0.6) is 23.0 Å². The summed E-state index contributed by atoms with van der Waals surface area (Å²) >= 11 is 0. The van der Waals surface area contributed by atoms with Gasteiger partial charge in [-0.15, -0.1) is 0 Å². The molecule has 0 saturated heterocycles. The minimum absolute atomic E-state index is 0.0781. The van der Waals surface area contributed by atoms with E-state index in [2.05, 4.69) is 307 Å². The lowest BCUT2D eigenvalue weighted by Gasteiger charge is -2.46. The molecule has 0 radical (unpaired) electrons. The van der Waals surface area contributed by atoms with Gasteiger partial charge in [-0.05, 0) is 127 Å². The average Bonchev–Trinajstić information content (AvgIpc) is 1.23. The molecule has 8 heteroatoms. The van der Waals surface area contributed by atoms with Crippen LogP contribution in [-0.4, -0.2) is 20.8 Å².